The van der Waals surface area contributed by atoms with Gasteiger partial charge >= 0.3 is 0 Å². The average Bonchev–Trinajstić information content (AvgIpc) is 2.39. The van der Waals surface area contributed by atoms with Gasteiger partial charge in [-0.3, -0.25) is 4.90 Å². The van der Waals surface area contributed by atoms with E-state index in [1.54, 1.807) is 7.11 Å². The highest BCUT2D eigenvalue weighted by atomic mass is 16.5. The minimum atomic E-state index is 0.574. The van der Waals surface area contributed by atoms with E-state index in [1.807, 2.05) is 19.2 Å². The smallest absolute Gasteiger partial charge is 0.123 e. The van der Waals surface area contributed by atoms with Crippen LogP contribution >= 0.6 is 0 Å². The second-order valence-corrected chi connectivity index (χ2v) is 4.73. The topological polar surface area (TPSA) is 24.5 Å². The first-order valence-corrected chi connectivity index (χ1v) is 6.69. The van der Waals surface area contributed by atoms with Crippen LogP contribution in [0.4, 0.5) is 0 Å². The third-order valence-electron chi connectivity index (χ3n) is 3.30. The van der Waals surface area contributed by atoms with E-state index >= 15 is 0 Å². The van der Waals surface area contributed by atoms with Gasteiger partial charge in [-0.05, 0) is 26.6 Å². The normalized spacial score (nSPS) is 12.7. The minimum Gasteiger partial charge on any atom is -0.496 e. The largest absolute Gasteiger partial charge is 0.496 e. The molecule has 3 heteroatoms. The first kappa shape index (κ1) is 15.0. The Morgan fingerprint density at radius 1 is 1.33 bits per heavy atom. The van der Waals surface area contributed by atoms with Gasteiger partial charge < -0.3 is 10.1 Å². The number of ether oxygens (including phenoxy) is 1. The Labute approximate surface area is 111 Å². The number of nitrogens with one attached hydrogen (secondary N) is 1. The van der Waals surface area contributed by atoms with E-state index in [1.165, 1.54) is 18.4 Å². The van der Waals surface area contributed by atoms with Crippen molar-refractivity contribution in [1.29, 1.82) is 0 Å². The van der Waals surface area contributed by atoms with Crippen molar-refractivity contribution in [1.82, 2.24) is 10.2 Å². The molecule has 0 aliphatic heterocycles. The number of para-hydroxylation sites is 1. The molecule has 0 aromatic heterocycles. The van der Waals surface area contributed by atoms with Crippen LogP contribution in [0, 0.1) is 0 Å². The molecule has 0 bridgehead atoms. The molecule has 1 unspecified atom stereocenters. The predicted molar refractivity (Wildman–Crippen MR) is 77.1 cm³/mol. The zero-order chi connectivity index (χ0) is 13.4. The summed E-state index contributed by atoms with van der Waals surface area (Å²) < 4.78 is 5.40. The van der Waals surface area contributed by atoms with Gasteiger partial charge in [0.1, 0.15) is 5.75 Å². The number of hydrogen-bond donors (Lipinski definition) is 1. The maximum atomic E-state index is 5.40. The third-order valence-corrected chi connectivity index (χ3v) is 3.30. The fourth-order valence-electron chi connectivity index (χ4n) is 2.28. The van der Waals surface area contributed by atoms with Crippen LogP contribution < -0.4 is 10.1 Å². The number of nitrogens with zero attached hydrogens (tertiary/aromatic N) is 1. The molecule has 0 spiro atoms. The van der Waals surface area contributed by atoms with Crippen molar-refractivity contribution in [2.24, 2.45) is 0 Å². The molecule has 1 N–H and O–H groups in total. The third kappa shape index (κ3) is 4.31. The summed E-state index contributed by atoms with van der Waals surface area (Å²) in [7, 11) is 5.93. The quantitative estimate of drug-likeness (QED) is 0.767. The molecule has 18 heavy (non-hydrogen) atoms. The van der Waals surface area contributed by atoms with Crippen molar-refractivity contribution in [2.45, 2.75) is 32.4 Å². The van der Waals surface area contributed by atoms with Crippen molar-refractivity contribution in [3.8, 4) is 5.75 Å². The molecule has 1 rings (SSSR count). The van der Waals surface area contributed by atoms with Gasteiger partial charge in [0, 0.05) is 24.7 Å². The van der Waals surface area contributed by atoms with Crippen LogP contribution in [0.2, 0.25) is 0 Å². The highest BCUT2D eigenvalue weighted by Gasteiger charge is 2.14. The van der Waals surface area contributed by atoms with E-state index in [-0.39, 0.29) is 0 Å². The Morgan fingerprint density at radius 2 is 2.06 bits per heavy atom. The van der Waals surface area contributed by atoms with E-state index < -0.39 is 0 Å². The summed E-state index contributed by atoms with van der Waals surface area (Å²) >= 11 is 0. The van der Waals surface area contributed by atoms with Gasteiger partial charge in [0.05, 0.1) is 7.11 Å². The van der Waals surface area contributed by atoms with Gasteiger partial charge in [0.15, 0.2) is 0 Å². The molecular weight excluding hydrogens is 224 g/mol. The van der Waals surface area contributed by atoms with E-state index in [0.29, 0.717) is 6.04 Å². The molecule has 0 fully saturated rings. The summed E-state index contributed by atoms with van der Waals surface area (Å²) in [5, 5.41) is 3.27. The van der Waals surface area contributed by atoms with Crippen LogP contribution in [0.15, 0.2) is 24.3 Å². The zero-order valence-electron chi connectivity index (χ0n) is 12.1. The molecule has 0 amide bonds. The van der Waals surface area contributed by atoms with Crippen LogP contribution in [0.1, 0.15) is 25.3 Å². The number of hydrogen-bond acceptors (Lipinski definition) is 3. The average molecular weight is 250 g/mol. The maximum absolute atomic E-state index is 5.40. The Balaban J connectivity index is 2.68. The summed E-state index contributed by atoms with van der Waals surface area (Å²) in [4.78, 5) is 2.40. The molecule has 0 radical (unpaired) electrons. The molecule has 1 aromatic rings. The van der Waals surface area contributed by atoms with Crippen LogP contribution in [0.3, 0.4) is 0 Å². The minimum absolute atomic E-state index is 0.574. The highest BCUT2D eigenvalue weighted by molar-refractivity contribution is 5.33. The standard InChI is InChI=1S/C15H26N2O/c1-5-8-14(11-16-2)17(3)12-13-9-6-7-10-15(13)18-4/h6-7,9-10,14,16H,5,8,11-12H2,1-4H3. The summed E-state index contributed by atoms with van der Waals surface area (Å²) in [5.74, 6) is 0.976. The molecule has 3 nitrogen and oxygen atoms in total. The predicted octanol–water partition coefficient (Wildman–Crippen LogP) is 2.52. The summed E-state index contributed by atoms with van der Waals surface area (Å²) in [6, 6.07) is 8.82. The van der Waals surface area contributed by atoms with Crippen LogP contribution in [0.5, 0.6) is 5.75 Å². The van der Waals surface area contributed by atoms with Gasteiger partial charge in [-0.2, -0.15) is 0 Å². The molecule has 0 aliphatic rings. The van der Waals surface area contributed by atoms with Gasteiger partial charge in [-0.15, -0.1) is 0 Å². The first-order chi connectivity index (χ1) is 8.72. The maximum Gasteiger partial charge on any atom is 0.123 e. The Morgan fingerprint density at radius 3 is 2.67 bits per heavy atom. The molecule has 0 heterocycles. The Bertz CT molecular complexity index is 335. The molecule has 0 saturated heterocycles. The second kappa shape index (κ2) is 8.11. The van der Waals surface area contributed by atoms with Crippen molar-refractivity contribution in [2.75, 3.05) is 27.7 Å². The fraction of sp³-hybridized carbons (Fsp3) is 0.600. The van der Waals surface area contributed by atoms with Crippen LogP contribution in [0.25, 0.3) is 0 Å². The van der Waals surface area contributed by atoms with E-state index in [0.717, 1.165) is 18.8 Å². The second-order valence-electron chi connectivity index (χ2n) is 4.73. The Hall–Kier alpha value is -1.06. The summed E-state index contributed by atoms with van der Waals surface area (Å²) in [5.41, 5.74) is 1.25. The van der Waals surface area contributed by atoms with Crippen molar-refractivity contribution in [3.63, 3.8) is 0 Å². The first-order valence-electron chi connectivity index (χ1n) is 6.69. The summed E-state index contributed by atoms with van der Waals surface area (Å²) in [6.07, 6.45) is 2.43. The molecular formula is C15H26N2O. The van der Waals surface area contributed by atoms with E-state index in [9.17, 15) is 0 Å². The number of benzene rings is 1. The number of rotatable bonds is 8. The van der Waals surface area contributed by atoms with Crippen LogP contribution in [-0.4, -0.2) is 38.7 Å². The lowest BCUT2D eigenvalue weighted by molar-refractivity contribution is 0.215. The van der Waals surface area contributed by atoms with E-state index in [2.05, 4.69) is 36.3 Å². The lowest BCUT2D eigenvalue weighted by Crippen LogP contribution is -2.38. The molecule has 102 valence electrons. The Kier molecular flexibility index (Phi) is 6.76. The summed E-state index contributed by atoms with van der Waals surface area (Å²) in [6.45, 7) is 4.19. The zero-order valence-corrected chi connectivity index (χ0v) is 12.1. The van der Waals surface area contributed by atoms with E-state index in [4.69, 9.17) is 4.74 Å². The molecule has 0 saturated carbocycles. The lowest BCUT2D eigenvalue weighted by Gasteiger charge is -2.28. The van der Waals surface area contributed by atoms with Crippen molar-refractivity contribution in [3.05, 3.63) is 29.8 Å². The van der Waals surface area contributed by atoms with Crippen molar-refractivity contribution >= 4 is 0 Å². The van der Waals surface area contributed by atoms with Gasteiger partial charge in [0.25, 0.3) is 0 Å². The fourth-order valence-corrected chi connectivity index (χ4v) is 2.28. The van der Waals surface area contributed by atoms with Gasteiger partial charge in [0.2, 0.25) is 0 Å². The highest BCUT2D eigenvalue weighted by Crippen LogP contribution is 2.20. The molecule has 1 aromatic carbocycles. The molecule has 1 atom stereocenters. The molecule has 0 aliphatic carbocycles. The SMILES string of the molecule is CCCC(CNC)N(C)Cc1ccccc1OC. The number of likely N-dealkylation sites (N-methyl/N-ethyl adjacent to an activating group) is 2. The lowest BCUT2D eigenvalue weighted by atomic mass is 10.1. The van der Waals surface area contributed by atoms with Gasteiger partial charge in [-0.1, -0.05) is 31.5 Å². The van der Waals surface area contributed by atoms with Crippen molar-refractivity contribution < 1.29 is 4.74 Å². The number of methoxy groups -OCH3 is 1. The monoisotopic (exact) mass is 250 g/mol. The van der Waals surface area contributed by atoms with Gasteiger partial charge in [-0.25, -0.2) is 0 Å². The van der Waals surface area contributed by atoms with Crippen LogP contribution in [-0.2, 0) is 6.54 Å².